The Morgan fingerprint density at radius 3 is 2.45 bits per heavy atom. The number of anilines is 2. The molecule has 0 saturated heterocycles. The largest absolute Gasteiger partial charge is 0.398 e. The van der Waals surface area contributed by atoms with E-state index in [0.29, 0.717) is 16.9 Å². The van der Waals surface area contributed by atoms with Gasteiger partial charge in [0.2, 0.25) is 11.8 Å². The molecule has 3 N–H and O–H groups in total. The third-order valence-electron chi connectivity index (χ3n) is 6.06. The highest BCUT2D eigenvalue weighted by molar-refractivity contribution is 6.22. The van der Waals surface area contributed by atoms with Gasteiger partial charge in [-0.1, -0.05) is 60.2 Å². The summed E-state index contributed by atoms with van der Waals surface area (Å²) < 4.78 is 0. The summed E-state index contributed by atoms with van der Waals surface area (Å²) in [6.07, 6.45) is 0.150. The van der Waals surface area contributed by atoms with E-state index < -0.39 is 17.9 Å². The molecule has 33 heavy (non-hydrogen) atoms. The van der Waals surface area contributed by atoms with Crippen LogP contribution < -0.4 is 16.0 Å². The Kier molecular flexibility index (Phi) is 6.01. The van der Waals surface area contributed by atoms with Gasteiger partial charge in [-0.15, -0.1) is 0 Å². The van der Waals surface area contributed by atoms with Crippen LogP contribution in [0.2, 0.25) is 0 Å². The number of hydrogen-bond donors (Lipinski definition) is 2. The Hall–Kier alpha value is -3.93. The standard InChI is InChI=1S/C27H27N3O3/c1-16-11-13-19(14-12-16)15-24(31)29-18(3)27(33)30-23-10-6-9-22(28)25(23)21-8-5-4-7-20(21)17(2)26(30)32/h4-14,17-18H,15,28H2,1-3H3,(H,29,31)/t17?,18-/m0/s1. The van der Waals surface area contributed by atoms with Crippen molar-refractivity contribution in [2.75, 3.05) is 10.6 Å². The van der Waals surface area contributed by atoms with Gasteiger partial charge in [0, 0.05) is 11.3 Å². The fourth-order valence-electron chi connectivity index (χ4n) is 4.25. The molecule has 3 aromatic rings. The van der Waals surface area contributed by atoms with Gasteiger partial charge in [0.15, 0.2) is 0 Å². The molecule has 3 amide bonds. The maximum Gasteiger partial charge on any atom is 0.256 e. The number of amides is 3. The fourth-order valence-corrected chi connectivity index (χ4v) is 4.25. The molecule has 0 radical (unpaired) electrons. The predicted octanol–water partition coefficient (Wildman–Crippen LogP) is 3.97. The maximum atomic E-state index is 13.5. The molecular formula is C27H27N3O3. The minimum absolute atomic E-state index is 0.150. The zero-order chi connectivity index (χ0) is 23.7. The summed E-state index contributed by atoms with van der Waals surface area (Å²) in [5.74, 6) is -1.68. The molecule has 0 spiro atoms. The van der Waals surface area contributed by atoms with Crippen LogP contribution in [-0.2, 0) is 20.8 Å². The van der Waals surface area contributed by atoms with Crippen LogP contribution in [-0.4, -0.2) is 23.8 Å². The monoisotopic (exact) mass is 441 g/mol. The van der Waals surface area contributed by atoms with Crippen molar-refractivity contribution in [1.82, 2.24) is 5.32 Å². The van der Waals surface area contributed by atoms with Crippen molar-refractivity contribution in [2.24, 2.45) is 0 Å². The average Bonchev–Trinajstić information content (AvgIpc) is 2.89. The first-order valence-electron chi connectivity index (χ1n) is 11.0. The smallest absolute Gasteiger partial charge is 0.256 e. The third-order valence-corrected chi connectivity index (χ3v) is 6.06. The van der Waals surface area contributed by atoms with Gasteiger partial charge in [-0.2, -0.15) is 0 Å². The van der Waals surface area contributed by atoms with E-state index in [9.17, 15) is 14.4 Å². The molecule has 0 fully saturated rings. The van der Waals surface area contributed by atoms with Crippen molar-refractivity contribution in [2.45, 2.75) is 39.2 Å². The lowest BCUT2D eigenvalue weighted by molar-refractivity contribution is -0.131. The number of carbonyl (C=O) groups excluding carboxylic acids is 3. The topological polar surface area (TPSA) is 92.5 Å². The Morgan fingerprint density at radius 1 is 1.03 bits per heavy atom. The number of benzene rings is 3. The second-order valence-corrected chi connectivity index (χ2v) is 8.51. The van der Waals surface area contributed by atoms with E-state index >= 15 is 0 Å². The number of nitrogens with zero attached hydrogens (tertiary/aromatic N) is 1. The van der Waals surface area contributed by atoms with E-state index in [0.717, 1.165) is 22.3 Å². The Bertz CT molecular complexity index is 1230. The van der Waals surface area contributed by atoms with Crippen molar-refractivity contribution in [3.05, 3.63) is 83.4 Å². The number of imide groups is 1. The zero-order valence-electron chi connectivity index (χ0n) is 19.0. The highest BCUT2D eigenvalue weighted by Crippen LogP contribution is 2.44. The molecule has 0 saturated carbocycles. The maximum absolute atomic E-state index is 13.5. The highest BCUT2D eigenvalue weighted by atomic mass is 16.2. The van der Waals surface area contributed by atoms with Gasteiger partial charge in [-0.05, 0) is 49.6 Å². The van der Waals surface area contributed by atoms with E-state index in [1.807, 2.05) is 55.5 Å². The number of fused-ring (bicyclic) bond motifs is 3. The van der Waals surface area contributed by atoms with Gasteiger partial charge in [-0.25, -0.2) is 4.90 Å². The lowest BCUT2D eigenvalue weighted by Gasteiger charge is -2.26. The number of rotatable bonds is 4. The summed E-state index contributed by atoms with van der Waals surface area (Å²) in [4.78, 5) is 40.8. The predicted molar refractivity (Wildman–Crippen MR) is 130 cm³/mol. The normalized spacial score (nSPS) is 15.8. The van der Waals surface area contributed by atoms with Crippen molar-refractivity contribution >= 4 is 29.1 Å². The van der Waals surface area contributed by atoms with Crippen LogP contribution in [0.5, 0.6) is 0 Å². The SMILES string of the molecule is Cc1ccc(CC(=O)N[C@@H](C)C(=O)N2C(=O)C(C)c3ccccc3-c3c(N)cccc32)cc1. The fraction of sp³-hybridized carbons (Fsp3) is 0.222. The van der Waals surface area contributed by atoms with E-state index in [4.69, 9.17) is 5.73 Å². The van der Waals surface area contributed by atoms with Crippen molar-refractivity contribution < 1.29 is 14.4 Å². The number of hydrogen-bond acceptors (Lipinski definition) is 4. The molecule has 2 atom stereocenters. The summed E-state index contributed by atoms with van der Waals surface area (Å²) in [6.45, 7) is 5.36. The average molecular weight is 442 g/mol. The highest BCUT2D eigenvalue weighted by Gasteiger charge is 2.37. The molecule has 0 aromatic heterocycles. The second-order valence-electron chi connectivity index (χ2n) is 8.51. The Morgan fingerprint density at radius 2 is 1.73 bits per heavy atom. The molecule has 6 heteroatoms. The summed E-state index contributed by atoms with van der Waals surface area (Å²) in [5.41, 5.74) is 11.5. The van der Waals surface area contributed by atoms with Gasteiger partial charge >= 0.3 is 0 Å². The Balaban J connectivity index is 1.64. The van der Waals surface area contributed by atoms with E-state index in [2.05, 4.69) is 5.32 Å². The summed E-state index contributed by atoms with van der Waals surface area (Å²) in [6, 6.07) is 19.5. The summed E-state index contributed by atoms with van der Waals surface area (Å²) >= 11 is 0. The molecule has 0 bridgehead atoms. The van der Waals surface area contributed by atoms with Crippen molar-refractivity contribution in [1.29, 1.82) is 0 Å². The number of aryl methyl sites for hydroxylation is 1. The van der Waals surface area contributed by atoms with Gasteiger partial charge in [0.1, 0.15) is 6.04 Å². The van der Waals surface area contributed by atoms with E-state index in [1.54, 1.807) is 32.0 Å². The van der Waals surface area contributed by atoms with Crippen LogP contribution >= 0.6 is 0 Å². The van der Waals surface area contributed by atoms with Gasteiger partial charge < -0.3 is 11.1 Å². The number of nitrogen functional groups attached to an aromatic ring is 1. The van der Waals surface area contributed by atoms with Gasteiger partial charge in [0.25, 0.3) is 5.91 Å². The van der Waals surface area contributed by atoms with Crippen molar-refractivity contribution in [3.8, 4) is 11.1 Å². The van der Waals surface area contributed by atoms with Crippen LogP contribution in [0.4, 0.5) is 11.4 Å². The molecule has 1 heterocycles. The Labute approximate surface area is 193 Å². The number of nitrogens with one attached hydrogen (secondary N) is 1. The quantitative estimate of drug-likeness (QED) is 0.599. The van der Waals surface area contributed by atoms with Crippen LogP contribution in [0, 0.1) is 6.92 Å². The van der Waals surface area contributed by atoms with Crippen molar-refractivity contribution in [3.63, 3.8) is 0 Å². The molecule has 1 aliphatic rings. The minimum atomic E-state index is -0.894. The molecule has 0 aliphatic carbocycles. The lowest BCUT2D eigenvalue weighted by Crippen LogP contribution is -2.50. The first kappa shape index (κ1) is 22.3. The second kappa shape index (κ2) is 8.90. The molecule has 3 aromatic carbocycles. The minimum Gasteiger partial charge on any atom is -0.398 e. The lowest BCUT2D eigenvalue weighted by atomic mass is 9.92. The van der Waals surface area contributed by atoms with Gasteiger partial charge in [0.05, 0.1) is 18.0 Å². The molecule has 4 rings (SSSR count). The molecule has 6 nitrogen and oxygen atoms in total. The van der Waals surface area contributed by atoms with Crippen LogP contribution in [0.1, 0.15) is 36.5 Å². The van der Waals surface area contributed by atoms with E-state index in [-0.39, 0.29) is 18.2 Å². The summed E-state index contributed by atoms with van der Waals surface area (Å²) in [5, 5.41) is 2.75. The molecular weight excluding hydrogens is 414 g/mol. The number of nitrogens with two attached hydrogens (primary N) is 1. The number of carbonyl (C=O) groups is 3. The third kappa shape index (κ3) is 4.24. The molecule has 168 valence electrons. The zero-order valence-corrected chi connectivity index (χ0v) is 19.0. The van der Waals surface area contributed by atoms with Crippen LogP contribution in [0.3, 0.4) is 0 Å². The molecule has 1 unspecified atom stereocenters. The van der Waals surface area contributed by atoms with Gasteiger partial charge in [-0.3, -0.25) is 14.4 Å². The first-order valence-corrected chi connectivity index (χ1v) is 11.0. The van der Waals surface area contributed by atoms with Crippen LogP contribution in [0.15, 0.2) is 66.7 Å². The summed E-state index contributed by atoms with van der Waals surface area (Å²) in [7, 11) is 0. The molecule has 1 aliphatic heterocycles. The van der Waals surface area contributed by atoms with E-state index in [1.165, 1.54) is 4.90 Å². The van der Waals surface area contributed by atoms with Crippen LogP contribution in [0.25, 0.3) is 11.1 Å². The first-order chi connectivity index (χ1) is 15.8.